The molecule has 1 aromatic rings. The van der Waals surface area contributed by atoms with Gasteiger partial charge in [0.1, 0.15) is 6.61 Å². The lowest BCUT2D eigenvalue weighted by Crippen LogP contribution is -2.47. The van der Waals surface area contributed by atoms with Crippen LogP contribution < -0.4 is 20.1 Å². The van der Waals surface area contributed by atoms with E-state index in [9.17, 15) is 0 Å². The van der Waals surface area contributed by atoms with Crippen molar-refractivity contribution < 1.29 is 19.3 Å². The topological polar surface area (TPSA) is 84.3 Å². The highest BCUT2D eigenvalue weighted by Gasteiger charge is 2.41. The molecule has 3 atom stereocenters. The van der Waals surface area contributed by atoms with Crippen LogP contribution in [0.3, 0.4) is 0 Å². The summed E-state index contributed by atoms with van der Waals surface area (Å²) in [6.07, 6.45) is 4.10. The minimum Gasteiger partial charge on any atom is -0.493 e. The molecule has 0 radical (unpaired) electrons. The molecule has 0 aliphatic carbocycles. The molecule has 2 aliphatic heterocycles. The van der Waals surface area contributed by atoms with Crippen molar-refractivity contribution >= 4 is 5.96 Å². The fourth-order valence-corrected chi connectivity index (χ4v) is 3.54. The maximum atomic E-state index is 8.89. The number of aliphatic hydroxyl groups excluding tert-OH is 1. The van der Waals surface area contributed by atoms with Crippen molar-refractivity contribution in [3.05, 3.63) is 23.8 Å². The van der Waals surface area contributed by atoms with Crippen molar-refractivity contribution in [3.63, 3.8) is 0 Å². The van der Waals surface area contributed by atoms with Crippen molar-refractivity contribution in [1.29, 1.82) is 0 Å². The van der Waals surface area contributed by atoms with Crippen LogP contribution in [0.2, 0.25) is 0 Å². The van der Waals surface area contributed by atoms with Gasteiger partial charge in [0.05, 0.1) is 38.5 Å². The van der Waals surface area contributed by atoms with Crippen molar-refractivity contribution in [1.82, 2.24) is 10.6 Å². The van der Waals surface area contributed by atoms with Gasteiger partial charge in [-0.3, -0.25) is 0 Å². The van der Waals surface area contributed by atoms with E-state index < -0.39 is 0 Å². The number of methoxy groups -OCH3 is 1. The number of nitrogens with one attached hydrogen (secondary N) is 2. The van der Waals surface area contributed by atoms with E-state index in [4.69, 9.17) is 24.3 Å². The van der Waals surface area contributed by atoms with Crippen LogP contribution in [-0.2, 0) is 11.3 Å². The Kier molecular flexibility index (Phi) is 6.57. The van der Waals surface area contributed by atoms with Crippen LogP contribution >= 0.6 is 0 Å². The van der Waals surface area contributed by atoms with Gasteiger partial charge < -0.3 is 30.0 Å². The normalized spacial score (nSPS) is 24.6. The molecule has 0 aromatic heterocycles. The minimum atomic E-state index is -0.0281. The maximum absolute atomic E-state index is 8.89. The molecule has 0 spiro atoms. The van der Waals surface area contributed by atoms with Crippen LogP contribution in [0.4, 0.5) is 0 Å². The maximum Gasteiger partial charge on any atom is 0.191 e. The molecular weight excluding hydrogens is 334 g/mol. The Morgan fingerprint density at radius 2 is 2.23 bits per heavy atom. The molecule has 2 saturated heterocycles. The van der Waals surface area contributed by atoms with Gasteiger partial charge >= 0.3 is 0 Å². The van der Waals surface area contributed by atoms with Gasteiger partial charge in [0, 0.05) is 6.54 Å². The van der Waals surface area contributed by atoms with Crippen LogP contribution in [0.1, 0.15) is 31.7 Å². The van der Waals surface area contributed by atoms with E-state index in [1.54, 1.807) is 7.11 Å². The zero-order valence-electron chi connectivity index (χ0n) is 15.5. The van der Waals surface area contributed by atoms with Crippen molar-refractivity contribution in [2.24, 2.45) is 4.99 Å². The van der Waals surface area contributed by atoms with E-state index in [0.29, 0.717) is 36.3 Å². The predicted octanol–water partition coefficient (Wildman–Crippen LogP) is 1.44. The van der Waals surface area contributed by atoms with Gasteiger partial charge in [0.15, 0.2) is 17.5 Å². The highest BCUT2D eigenvalue weighted by molar-refractivity contribution is 5.80. The van der Waals surface area contributed by atoms with E-state index >= 15 is 0 Å². The van der Waals surface area contributed by atoms with Crippen molar-refractivity contribution in [3.8, 4) is 11.5 Å². The minimum absolute atomic E-state index is 0.0281. The molecule has 2 fully saturated rings. The molecule has 7 heteroatoms. The zero-order valence-corrected chi connectivity index (χ0v) is 15.5. The van der Waals surface area contributed by atoms with Crippen LogP contribution in [0.5, 0.6) is 11.5 Å². The SMILES string of the molecule is CCNC(=NCc1ccc(OCCO)c(OC)c1)NC1CC2CCC1O2. The summed E-state index contributed by atoms with van der Waals surface area (Å²) in [4.78, 5) is 4.70. The molecular formula is C19H29N3O4. The smallest absolute Gasteiger partial charge is 0.191 e. The molecule has 0 amide bonds. The first-order valence-electron chi connectivity index (χ1n) is 9.34. The Morgan fingerprint density at radius 3 is 2.88 bits per heavy atom. The summed E-state index contributed by atoms with van der Waals surface area (Å²) in [7, 11) is 1.61. The van der Waals surface area contributed by atoms with Gasteiger partial charge in [-0.25, -0.2) is 4.99 Å². The number of aliphatic imine (C=N–C) groups is 1. The van der Waals surface area contributed by atoms with Gasteiger partial charge in [-0.05, 0) is 43.9 Å². The fraction of sp³-hybridized carbons (Fsp3) is 0.632. The lowest BCUT2D eigenvalue weighted by molar-refractivity contribution is 0.0992. The van der Waals surface area contributed by atoms with Crippen LogP contribution in [0.15, 0.2) is 23.2 Å². The van der Waals surface area contributed by atoms with Crippen LogP contribution in [0.25, 0.3) is 0 Å². The van der Waals surface area contributed by atoms with E-state index in [0.717, 1.165) is 30.9 Å². The number of fused-ring (bicyclic) bond motifs is 2. The number of hydrogen-bond donors (Lipinski definition) is 3. The summed E-state index contributed by atoms with van der Waals surface area (Å²) in [5, 5.41) is 15.7. The number of ether oxygens (including phenoxy) is 3. The molecule has 7 nitrogen and oxygen atoms in total. The predicted molar refractivity (Wildman–Crippen MR) is 99.8 cm³/mol. The Labute approximate surface area is 154 Å². The van der Waals surface area contributed by atoms with Gasteiger partial charge in [-0.2, -0.15) is 0 Å². The molecule has 2 heterocycles. The second-order valence-corrected chi connectivity index (χ2v) is 6.61. The number of guanidine groups is 1. The average molecular weight is 363 g/mol. The summed E-state index contributed by atoms with van der Waals surface area (Å²) in [5.41, 5.74) is 1.03. The monoisotopic (exact) mass is 363 g/mol. The fourth-order valence-electron chi connectivity index (χ4n) is 3.54. The zero-order chi connectivity index (χ0) is 18.4. The third-order valence-corrected chi connectivity index (χ3v) is 4.77. The summed E-state index contributed by atoms with van der Waals surface area (Å²) in [5.74, 6) is 2.08. The number of aliphatic hydroxyl groups is 1. The van der Waals surface area contributed by atoms with Gasteiger partial charge in [0.25, 0.3) is 0 Å². The number of benzene rings is 1. The summed E-state index contributed by atoms with van der Waals surface area (Å²) in [6, 6.07) is 6.07. The molecule has 144 valence electrons. The van der Waals surface area contributed by atoms with Gasteiger partial charge in [0.2, 0.25) is 0 Å². The first-order chi connectivity index (χ1) is 12.7. The summed E-state index contributed by atoms with van der Waals surface area (Å²) >= 11 is 0. The summed E-state index contributed by atoms with van der Waals surface area (Å²) < 4.78 is 16.7. The Bertz CT molecular complexity index is 623. The first kappa shape index (κ1) is 18.8. The van der Waals surface area contributed by atoms with Crippen LogP contribution in [-0.4, -0.2) is 56.2 Å². The third kappa shape index (κ3) is 4.59. The van der Waals surface area contributed by atoms with Crippen molar-refractivity contribution in [2.45, 2.75) is 51.0 Å². The van der Waals surface area contributed by atoms with E-state index in [1.807, 2.05) is 18.2 Å². The number of rotatable bonds is 8. The van der Waals surface area contributed by atoms with Gasteiger partial charge in [-0.1, -0.05) is 6.07 Å². The lowest BCUT2D eigenvalue weighted by Gasteiger charge is -2.22. The van der Waals surface area contributed by atoms with E-state index in [2.05, 4.69) is 17.6 Å². The molecule has 1 aromatic carbocycles. The average Bonchev–Trinajstić information content (AvgIpc) is 3.28. The highest BCUT2D eigenvalue weighted by atomic mass is 16.5. The quantitative estimate of drug-likeness (QED) is 0.479. The molecule has 3 unspecified atom stereocenters. The van der Waals surface area contributed by atoms with Crippen LogP contribution in [0, 0.1) is 0 Å². The molecule has 26 heavy (non-hydrogen) atoms. The Hall–Kier alpha value is -1.99. The third-order valence-electron chi connectivity index (χ3n) is 4.77. The van der Waals surface area contributed by atoms with E-state index in [1.165, 1.54) is 6.42 Å². The molecule has 3 rings (SSSR count). The molecule has 0 saturated carbocycles. The number of hydrogen-bond acceptors (Lipinski definition) is 5. The Balaban J connectivity index is 1.63. The largest absolute Gasteiger partial charge is 0.493 e. The first-order valence-corrected chi connectivity index (χ1v) is 9.34. The standard InChI is InChI=1S/C19H29N3O4/c1-3-20-19(22-15-11-14-5-7-16(15)26-14)21-12-13-4-6-17(25-9-8-23)18(10-13)24-2/h4,6,10,14-16,23H,3,5,7-9,11-12H2,1-2H3,(H2,20,21,22). The highest BCUT2D eigenvalue weighted by Crippen LogP contribution is 2.34. The summed E-state index contributed by atoms with van der Waals surface area (Å²) in [6.45, 7) is 3.62. The Morgan fingerprint density at radius 1 is 1.35 bits per heavy atom. The van der Waals surface area contributed by atoms with Gasteiger partial charge in [-0.15, -0.1) is 0 Å². The molecule has 2 aliphatic rings. The van der Waals surface area contributed by atoms with E-state index in [-0.39, 0.29) is 13.2 Å². The molecule has 3 N–H and O–H groups in total. The van der Waals surface area contributed by atoms with Crippen molar-refractivity contribution in [2.75, 3.05) is 26.9 Å². The second-order valence-electron chi connectivity index (χ2n) is 6.61. The second kappa shape index (κ2) is 9.09. The lowest BCUT2D eigenvalue weighted by atomic mass is 9.96. The molecule has 2 bridgehead atoms. The number of nitrogens with zero attached hydrogens (tertiary/aromatic N) is 1.